The van der Waals surface area contributed by atoms with Gasteiger partial charge >= 0.3 is 0 Å². The van der Waals surface area contributed by atoms with Crippen molar-refractivity contribution in [1.29, 1.82) is 0 Å². The van der Waals surface area contributed by atoms with Crippen molar-refractivity contribution in [1.82, 2.24) is 0 Å². The maximum atomic E-state index is 11.9. The van der Waals surface area contributed by atoms with E-state index in [0.29, 0.717) is 18.5 Å². The molecular formula is C11H14ClN2O2S. The highest BCUT2D eigenvalue weighted by atomic mass is 35.5. The van der Waals surface area contributed by atoms with Crippen molar-refractivity contribution >= 4 is 35.0 Å². The van der Waals surface area contributed by atoms with E-state index in [1.165, 1.54) is 0 Å². The molecule has 1 radical (unpaired) electrons. The van der Waals surface area contributed by atoms with E-state index in [-0.39, 0.29) is 15.7 Å². The van der Waals surface area contributed by atoms with Crippen LogP contribution in [0.4, 0.5) is 0 Å². The molecule has 0 aliphatic carbocycles. The lowest BCUT2D eigenvalue weighted by molar-refractivity contribution is 0.0956. The Labute approximate surface area is 109 Å². The molecule has 1 rings (SSSR count). The predicted octanol–water partition coefficient (Wildman–Crippen LogP) is 1.50. The molecule has 0 bridgehead atoms. The van der Waals surface area contributed by atoms with E-state index in [2.05, 4.69) is 0 Å². The highest BCUT2D eigenvalue weighted by molar-refractivity contribution is 7.12. The van der Waals surface area contributed by atoms with E-state index in [0.717, 1.165) is 24.2 Å². The van der Waals surface area contributed by atoms with E-state index in [4.69, 9.17) is 23.1 Å². The minimum Gasteiger partial charge on any atom is -0.330 e. The second-order valence-corrected chi connectivity index (χ2v) is 4.91. The van der Waals surface area contributed by atoms with Gasteiger partial charge in [0.1, 0.15) is 0 Å². The number of carbonyl (C=O) groups is 1. The monoisotopic (exact) mass is 273 g/mol. The van der Waals surface area contributed by atoms with Gasteiger partial charge in [-0.05, 0) is 19.4 Å². The van der Waals surface area contributed by atoms with Crippen LogP contribution in [0.25, 0.3) is 0 Å². The van der Waals surface area contributed by atoms with Crippen molar-refractivity contribution in [2.45, 2.75) is 25.3 Å². The largest absolute Gasteiger partial charge is 0.330 e. The van der Waals surface area contributed by atoms with Gasteiger partial charge in [0.2, 0.25) is 6.29 Å². The van der Waals surface area contributed by atoms with Gasteiger partial charge < -0.3 is 11.5 Å². The third kappa shape index (κ3) is 3.61. The minimum atomic E-state index is -0.590. The topological polar surface area (TPSA) is 86.2 Å². The van der Waals surface area contributed by atoms with Crippen molar-refractivity contribution in [3.8, 4) is 0 Å². The predicted molar refractivity (Wildman–Crippen MR) is 69.3 cm³/mol. The standard InChI is InChI=1S/C11H14ClN2O2S/c12-10-7(6-17-9(10)5-15)11(16)8(14)3-1-2-4-13/h6,8H,1-4,13-14H2/t8-/m1/s1. The number of nitrogens with two attached hydrogens (primary N) is 2. The molecule has 0 amide bonds. The molecule has 0 spiro atoms. The maximum absolute atomic E-state index is 11.9. The molecule has 1 aromatic rings. The number of Topliss-reactive ketones (excluding diaryl/α,β-unsaturated/α-hetero) is 1. The first-order valence-corrected chi connectivity index (χ1v) is 6.52. The van der Waals surface area contributed by atoms with Gasteiger partial charge in [0.15, 0.2) is 5.78 Å². The van der Waals surface area contributed by atoms with Crippen LogP contribution < -0.4 is 11.5 Å². The van der Waals surface area contributed by atoms with Crippen LogP contribution in [0.15, 0.2) is 5.38 Å². The molecule has 0 aliphatic heterocycles. The number of carbonyl (C=O) groups excluding carboxylic acids is 2. The summed E-state index contributed by atoms with van der Waals surface area (Å²) in [7, 11) is 0. The molecule has 1 aromatic heterocycles. The van der Waals surface area contributed by atoms with Crippen LogP contribution in [-0.2, 0) is 4.79 Å². The number of halogens is 1. The summed E-state index contributed by atoms with van der Waals surface area (Å²) in [6.45, 7) is 0.588. The van der Waals surface area contributed by atoms with E-state index >= 15 is 0 Å². The summed E-state index contributed by atoms with van der Waals surface area (Å²) in [5.41, 5.74) is 11.4. The zero-order valence-electron chi connectivity index (χ0n) is 9.24. The van der Waals surface area contributed by atoms with Crippen LogP contribution in [0.2, 0.25) is 5.02 Å². The smallest absolute Gasteiger partial charge is 0.245 e. The molecule has 6 heteroatoms. The molecular weight excluding hydrogens is 260 g/mol. The molecule has 0 aromatic carbocycles. The Morgan fingerprint density at radius 1 is 1.53 bits per heavy atom. The van der Waals surface area contributed by atoms with Crippen molar-refractivity contribution < 1.29 is 9.59 Å². The average Bonchev–Trinajstić information content (AvgIpc) is 2.69. The van der Waals surface area contributed by atoms with Crippen molar-refractivity contribution in [2.24, 2.45) is 11.5 Å². The summed E-state index contributed by atoms with van der Waals surface area (Å²) in [5, 5.41) is 1.71. The lowest BCUT2D eigenvalue weighted by Gasteiger charge is -2.09. The fourth-order valence-electron chi connectivity index (χ4n) is 1.42. The molecule has 0 saturated carbocycles. The normalized spacial score (nSPS) is 12.4. The van der Waals surface area contributed by atoms with Gasteiger partial charge in [-0.1, -0.05) is 18.0 Å². The fourth-order valence-corrected chi connectivity index (χ4v) is 2.53. The van der Waals surface area contributed by atoms with Crippen molar-refractivity contribution in [3.63, 3.8) is 0 Å². The Bertz CT molecular complexity index is 406. The summed E-state index contributed by atoms with van der Waals surface area (Å²) in [6, 6.07) is -0.590. The molecule has 93 valence electrons. The van der Waals surface area contributed by atoms with Gasteiger partial charge in [-0.25, -0.2) is 0 Å². The first kappa shape index (κ1) is 14.3. The van der Waals surface area contributed by atoms with Gasteiger partial charge in [-0.3, -0.25) is 9.59 Å². The molecule has 1 atom stereocenters. The zero-order chi connectivity index (χ0) is 12.8. The summed E-state index contributed by atoms with van der Waals surface area (Å²) >= 11 is 6.97. The van der Waals surface area contributed by atoms with Crippen LogP contribution in [0.5, 0.6) is 0 Å². The third-order valence-electron chi connectivity index (χ3n) is 2.39. The highest BCUT2D eigenvalue weighted by Gasteiger charge is 2.21. The Balaban J connectivity index is 2.68. The van der Waals surface area contributed by atoms with Gasteiger partial charge in [0.25, 0.3) is 0 Å². The minimum absolute atomic E-state index is 0.157. The van der Waals surface area contributed by atoms with Gasteiger partial charge in [0.05, 0.1) is 15.9 Å². The highest BCUT2D eigenvalue weighted by Crippen LogP contribution is 2.27. The molecule has 4 N–H and O–H groups in total. The average molecular weight is 274 g/mol. The maximum Gasteiger partial charge on any atom is 0.245 e. The summed E-state index contributed by atoms with van der Waals surface area (Å²) in [5.74, 6) is -0.232. The second kappa shape index (κ2) is 6.86. The van der Waals surface area contributed by atoms with Gasteiger partial charge in [-0.2, -0.15) is 0 Å². The van der Waals surface area contributed by atoms with Crippen molar-refractivity contribution in [2.75, 3.05) is 6.54 Å². The summed E-state index contributed by atoms with van der Waals surface area (Å²) in [6.07, 6.45) is 3.90. The quantitative estimate of drug-likeness (QED) is 0.582. The fraction of sp³-hybridized carbons (Fsp3) is 0.455. The second-order valence-electron chi connectivity index (χ2n) is 3.65. The van der Waals surface area contributed by atoms with E-state index < -0.39 is 6.04 Å². The number of thiophene rings is 1. The molecule has 17 heavy (non-hydrogen) atoms. The van der Waals surface area contributed by atoms with Gasteiger partial charge in [0, 0.05) is 10.9 Å². The number of rotatable bonds is 7. The Morgan fingerprint density at radius 2 is 2.24 bits per heavy atom. The molecule has 1 heterocycles. The van der Waals surface area contributed by atoms with Crippen LogP contribution >= 0.6 is 22.9 Å². The van der Waals surface area contributed by atoms with E-state index in [1.807, 2.05) is 0 Å². The van der Waals surface area contributed by atoms with E-state index in [1.54, 1.807) is 11.7 Å². The Kier molecular flexibility index (Phi) is 5.77. The molecule has 0 aliphatic rings. The summed E-state index contributed by atoms with van der Waals surface area (Å²) < 4.78 is 0. The molecule has 0 unspecified atom stereocenters. The molecule has 0 fully saturated rings. The Hall–Kier alpha value is -0.750. The zero-order valence-corrected chi connectivity index (χ0v) is 10.8. The number of ketones is 1. The number of hydrogen-bond acceptors (Lipinski definition) is 5. The van der Waals surface area contributed by atoms with Crippen LogP contribution in [-0.4, -0.2) is 24.7 Å². The van der Waals surface area contributed by atoms with Crippen LogP contribution in [0.1, 0.15) is 34.5 Å². The number of unbranched alkanes of at least 4 members (excludes halogenated alkanes) is 1. The van der Waals surface area contributed by atoms with Gasteiger partial charge in [-0.15, -0.1) is 11.3 Å². The summed E-state index contributed by atoms with van der Waals surface area (Å²) in [4.78, 5) is 22.7. The first-order valence-electron chi connectivity index (χ1n) is 5.26. The molecule has 4 nitrogen and oxygen atoms in total. The van der Waals surface area contributed by atoms with Crippen LogP contribution in [0.3, 0.4) is 0 Å². The first-order chi connectivity index (χ1) is 8.11. The Morgan fingerprint density at radius 3 is 2.76 bits per heavy atom. The SMILES string of the molecule is NCCCC[C@@H](N)C(=O)c1csc([C]=O)c1Cl. The van der Waals surface area contributed by atoms with Crippen molar-refractivity contribution in [3.05, 3.63) is 20.8 Å². The third-order valence-corrected chi connectivity index (χ3v) is 3.78. The van der Waals surface area contributed by atoms with Crippen LogP contribution in [0, 0.1) is 0 Å². The van der Waals surface area contributed by atoms with E-state index in [9.17, 15) is 9.59 Å². The lowest BCUT2D eigenvalue weighted by atomic mass is 10.0. The lowest BCUT2D eigenvalue weighted by Crippen LogP contribution is -2.30. The molecule has 0 saturated heterocycles. The number of hydrogen-bond donors (Lipinski definition) is 2.